The Bertz CT molecular complexity index is 509. The Hall–Kier alpha value is -1.90. The number of aryl methyl sites for hydroxylation is 2. The molecule has 3 heteroatoms. The van der Waals surface area contributed by atoms with E-state index in [1.165, 1.54) is 0 Å². The molecule has 0 atom stereocenters. The first kappa shape index (κ1) is 10.3. The first-order chi connectivity index (χ1) is 8.21. The van der Waals surface area contributed by atoms with Crippen molar-refractivity contribution in [2.24, 2.45) is 0 Å². The Labute approximate surface area is 99.7 Å². The van der Waals surface area contributed by atoms with Crippen LogP contribution in [-0.4, -0.2) is 0 Å². The van der Waals surface area contributed by atoms with Gasteiger partial charge in [-0.05, 0) is 44.2 Å². The number of rotatable bonds is 2. The maximum Gasteiger partial charge on any atom is 0.225 e. The summed E-state index contributed by atoms with van der Waals surface area (Å²) in [4.78, 5) is 0. The fourth-order valence-corrected chi connectivity index (χ4v) is 2.17. The molecule has 3 heterocycles. The second kappa shape index (κ2) is 3.55. The molecular formula is C14H14O3. The van der Waals surface area contributed by atoms with Gasteiger partial charge >= 0.3 is 0 Å². The summed E-state index contributed by atoms with van der Waals surface area (Å²) in [6, 6.07) is 7.77. The van der Waals surface area contributed by atoms with Gasteiger partial charge in [-0.25, -0.2) is 0 Å². The zero-order chi connectivity index (χ0) is 11.9. The maximum atomic E-state index is 5.77. The van der Waals surface area contributed by atoms with Crippen molar-refractivity contribution in [2.75, 3.05) is 0 Å². The molecule has 0 radical (unpaired) electrons. The van der Waals surface area contributed by atoms with E-state index in [2.05, 4.69) is 0 Å². The SMILES string of the molecule is Cc1ccc(C2(c3ccc(C)o3)CC=CO2)o1. The highest BCUT2D eigenvalue weighted by Crippen LogP contribution is 2.42. The number of ether oxygens (including phenoxy) is 1. The Kier molecular flexibility index (Phi) is 2.15. The molecule has 0 N–H and O–H groups in total. The molecule has 3 nitrogen and oxygen atoms in total. The lowest BCUT2D eigenvalue weighted by molar-refractivity contribution is 0.0378. The predicted octanol–water partition coefficient (Wildman–Crippen LogP) is 3.67. The van der Waals surface area contributed by atoms with E-state index in [-0.39, 0.29) is 0 Å². The third-order valence-electron chi connectivity index (χ3n) is 3.05. The van der Waals surface area contributed by atoms with Gasteiger partial charge in [-0.1, -0.05) is 0 Å². The van der Waals surface area contributed by atoms with Crippen molar-refractivity contribution in [3.05, 3.63) is 59.6 Å². The van der Waals surface area contributed by atoms with Gasteiger partial charge in [-0.2, -0.15) is 0 Å². The topological polar surface area (TPSA) is 35.5 Å². The lowest BCUT2D eigenvalue weighted by Gasteiger charge is -2.24. The molecule has 1 aliphatic rings. The number of furan rings is 2. The van der Waals surface area contributed by atoms with E-state index in [0.717, 1.165) is 29.5 Å². The second-order valence-electron chi connectivity index (χ2n) is 4.34. The summed E-state index contributed by atoms with van der Waals surface area (Å²) in [5.74, 6) is 3.32. The van der Waals surface area contributed by atoms with Crippen LogP contribution in [0.1, 0.15) is 29.5 Å². The largest absolute Gasteiger partial charge is 0.479 e. The van der Waals surface area contributed by atoms with Crippen molar-refractivity contribution < 1.29 is 13.6 Å². The molecule has 3 rings (SSSR count). The summed E-state index contributed by atoms with van der Waals surface area (Å²) >= 11 is 0. The summed E-state index contributed by atoms with van der Waals surface area (Å²) in [5.41, 5.74) is -0.622. The third-order valence-corrected chi connectivity index (χ3v) is 3.05. The van der Waals surface area contributed by atoms with E-state index >= 15 is 0 Å². The highest BCUT2D eigenvalue weighted by Gasteiger charge is 2.43. The van der Waals surface area contributed by atoms with E-state index in [4.69, 9.17) is 13.6 Å². The van der Waals surface area contributed by atoms with Gasteiger partial charge in [0.05, 0.1) is 6.26 Å². The fourth-order valence-electron chi connectivity index (χ4n) is 2.17. The Morgan fingerprint density at radius 3 is 1.88 bits per heavy atom. The Morgan fingerprint density at radius 1 is 0.941 bits per heavy atom. The van der Waals surface area contributed by atoms with Gasteiger partial charge in [0.2, 0.25) is 5.60 Å². The minimum atomic E-state index is -0.622. The van der Waals surface area contributed by atoms with Crippen LogP contribution in [0.3, 0.4) is 0 Å². The van der Waals surface area contributed by atoms with Crippen molar-refractivity contribution in [3.63, 3.8) is 0 Å². The van der Waals surface area contributed by atoms with Crippen LogP contribution in [0.15, 0.2) is 45.4 Å². The highest BCUT2D eigenvalue weighted by molar-refractivity contribution is 5.30. The molecule has 0 unspecified atom stereocenters. The van der Waals surface area contributed by atoms with Gasteiger partial charge in [0.1, 0.15) is 11.5 Å². The molecule has 0 amide bonds. The Morgan fingerprint density at radius 2 is 1.53 bits per heavy atom. The van der Waals surface area contributed by atoms with E-state index in [1.807, 2.05) is 44.2 Å². The van der Waals surface area contributed by atoms with Crippen LogP contribution in [0.5, 0.6) is 0 Å². The van der Waals surface area contributed by atoms with Crippen molar-refractivity contribution >= 4 is 0 Å². The average molecular weight is 230 g/mol. The zero-order valence-electron chi connectivity index (χ0n) is 9.90. The summed E-state index contributed by atoms with van der Waals surface area (Å²) in [7, 11) is 0. The van der Waals surface area contributed by atoms with Crippen LogP contribution in [-0.2, 0) is 10.3 Å². The lowest BCUT2D eigenvalue weighted by Crippen LogP contribution is -2.25. The minimum Gasteiger partial charge on any atom is -0.479 e. The summed E-state index contributed by atoms with van der Waals surface area (Å²) < 4.78 is 17.2. The van der Waals surface area contributed by atoms with Crippen molar-refractivity contribution in [2.45, 2.75) is 25.9 Å². The van der Waals surface area contributed by atoms with Gasteiger partial charge in [-0.15, -0.1) is 0 Å². The quantitative estimate of drug-likeness (QED) is 0.789. The number of hydrogen-bond acceptors (Lipinski definition) is 3. The van der Waals surface area contributed by atoms with Gasteiger partial charge in [0.25, 0.3) is 0 Å². The van der Waals surface area contributed by atoms with Crippen LogP contribution in [0.4, 0.5) is 0 Å². The molecule has 1 aliphatic heterocycles. The molecule has 0 saturated carbocycles. The molecule has 0 spiro atoms. The monoisotopic (exact) mass is 230 g/mol. The second-order valence-corrected chi connectivity index (χ2v) is 4.34. The van der Waals surface area contributed by atoms with E-state index < -0.39 is 5.60 Å². The standard InChI is InChI=1S/C14H14O3/c1-10-4-6-12(16-10)14(8-3-9-15-14)13-7-5-11(2)17-13/h3-7,9H,8H2,1-2H3. The minimum absolute atomic E-state index is 0.622. The molecule has 2 aromatic heterocycles. The maximum absolute atomic E-state index is 5.77. The normalized spacial score (nSPS) is 17.3. The van der Waals surface area contributed by atoms with Crippen LogP contribution >= 0.6 is 0 Å². The number of hydrogen-bond donors (Lipinski definition) is 0. The van der Waals surface area contributed by atoms with Crippen LogP contribution in [0, 0.1) is 13.8 Å². The first-order valence-corrected chi connectivity index (χ1v) is 5.67. The molecule has 0 aliphatic carbocycles. The fraction of sp³-hybridized carbons (Fsp3) is 0.286. The lowest BCUT2D eigenvalue weighted by atomic mass is 9.94. The van der Waals surface area contributed by atoms with E-state index in [0.29, 0.717) is 0 Å². The van der Waals surface area contributed by atoms with Crippen LogP contribution < -0.4 is 0 Å². The van der Waals surface area contributed by atoms with Gasteiger partial charge in [-0.3, -0.25) is 0 Å². The average Bonchev–Trinajstić information content (AvgIpc) is 2.97. The first-order valence-electron chi connectivity index (χ1n) is 5.67. The summed E-state index contributed by atoms with van der Waals surface area (Å²) in [6.07, 6.45) is 4.42. The zero-order valence-corrected chi connectivity index (χ0v) is 9.90. The van der Waals surface area contributed by atoms with Crippen LogP contribution in [0.25, 0.3) is 0 Å². The van der Waals surface area contributed by atoms with Crippen molar-refractivity contribution in [1.29, 1.82) is 0 Å². The highest BCUT2D eigenvalue weighted by atomic mass is 16.5. The van der Waals surface area contributed by atoms with Crippen molar-refractivity contribution in [3.8, 4) is 0 Å². The molecule has 88 valence electrons. The smallest absolute Gasteiger partial charge is 0.225 e. The molecule has 0 fully saturated rings. The van der Waals surface area contributed by atoms with Crippen molar-refractivity contribution in [1.82, 2.24) is 0 Å². The Balaban J connectivity index is 2.10. The molecule has 0 bridgehead atoms. The molecular weight excluding hydrogens is 216 g/mol. The molecule has 17 heavy (non-hydrogen) atoms. The van der Waals surface area contributed by atoms with Crippen LogP contribution in [0.2, 0.25) is 0 Å². The molecule has 0 saturated heterocycles. The molecule has 2 aromatic rings. The summed E-state index contributed by atoms with van der Waals surface area (Å²) in [6.45, 7) is 3.85. The third kappa shape index (κ3) is 1.50. The summed E-state index contributed by atoms with van der Waals surface area (Å²) in [5, 5.41) is 0. The van der Waals surface area contributed by atoms with Gasteiger partial charge < -0.3 is 13.6 Å². The predicted molar refractivity (Wildman–Crippen MR) is 62.5 cm³/mol. The van der Waals surface area contributed by atoms with Gasteiger partial charge in [0.15, 0.2) is 11.5 Å². The van der Waals surface area contributed by atoms with E-state index in [1.54, 1.807) is 6.26 Å². The molecule has 0 aromatic carbocycles. The van der Waals surface area contributed by atoms with Gasteiger partial charge in [0, 0.05) is 6.42 Å². The van der Waals surface area contributed by atoms with E-state index in [9.17, 15) is 0 Å².